The first kappa shape index (κ1) is 10.6. The number of rotatable bonds is 3. The molecule has 2 heterocycles. The van der Waals surface area contributed by atoms with Crippen LogP contribution in [-0.4, -0.2) is 14.6 Å². The molecule has 0 aliphatic heterocycles. The maximum atomic E-state index is 6.01. The predicted octanol–water partition coefficient (Wildman–Crippen LogP) is 2.61. The summed E-state index contributed by atoms with van der Waals surface area (Å²) in [5, 5.41) is 4.15. The highest BCUT2D eigenvalue weighted by Gasteiger charge is 2.28. The summed E-state index contributed by atoms with van der Waals surface area (Å²) in [6, 6.07) is 3.90. The summed E-state index contributed by atoms with van der Waals surface area (Å²) in [7, 11) is 0. The Hall–Kier alpha value is -1.58. The van der Waals surface area contributed by atoms with Gasteiger partial charge in [-0.25, -0.2) is 4.98 Å². The fourth-order valence-corrected chi connectivity index (χ4v) is 2.77. The quantitative estimate of drug-likeness (QED) is 0.881. The summed E-state index contributed by atoms with van der Waals surface area (Å²) in [4.78, 5) is 4.69. The molecule has 0 saturated heterocycles. The van der Waals surface area contributed by atoms with Gasteiger partial charge in [-0.1, -0.05) is 13.3 Å². The summed E-state index contributed by atoms with van der Waals surface area (Å²) in [6.45, 7) is 2.24. The molecule has 4 heteroatoms. The highest BCUT2D eigenvalue weighted by atomic mass is 15.3. The lowest BCUT2D eigenvalue weighted by Crippen LogP contribution is -2.21. The smallest absolute Gasteiger partial charge is 0.157 e. The van der Waals surface area contributed by atoms with Crippen molar-refractivity contribution in [2.24, 2.45) is 5.92 Å². The molecule has 2 N–H and O–H groups in total. The van der Waals surface area contributed by atoms with Crippen molar-refractivity contribution in [1.82, 2.24) is 14.6 Å². The highest BCUT2D eigenvalue weighted by molar-refractivity contribution is 5.47. The van der Waals surface area contributed by atoms with Gasteiger partial charge in [0.05, 0.1) is 6.20 Å². The van der Waals surface area contributed by atoms with Crippen LogP contribution < -0.4 is 5.73 Å². The van der Waals surface area contributed by atoms with Crippen molar-refractivity contribution in [2.45, 2.75) is 38.5 Å². The predicted molar refractivity (Wildman–Crippen MR) is 67.8 cm³/mol. The fraction of sp³-hybridized carbons (Fsp3) is 0.538. The Balaban J connectivity index is 2.02. The Morgan fingerprint density at radius 3 is 3.00 bits per heavy atom. The maximum absolute atomic E-state index is 6.01. The van der Waals surface area contributed by atoms with Gasteiger partial charge in [-0.2, -0.15) is 9.61 Å². The fourth-order valence-electron chi connectivity index (χ4n) is 2.77. The molecule has 0 spiro atoms. The second-order valence-electron chi connectivity index (χ2n) is 4.91. The highest BCUT2D eigenvalue weighted by Crippen LogP contribution is 2.40. The molecule has 0 radical (unpaired) electrons. The molecule has 0 amide bonds. The van der Waals surface area contributed by atoms with E-state index < -0.39 is 0 Å². The number of anilines is 1. The first-order valence-electron chi connectivity index (χ1n) is 6.39. The van der Waals surface area contributed by atoms with E-state index in [1.165, 1.54) is 19.3 Å². The Kier molecular flexibility index (Phi) is 2.50. The van der Waals surface area contributed by atoms with Crippen molar-refractivity contribution in [3.63, 3.8) is 0 Å². The summed E-state index contributed by atoms with van der Waals surface area (Å²) >= 11 is 0. The van der Waals surface area contributed by atoms with E-state index >= 15 is 0 Å². The molecule has 1 atom stereocenters. The Morgan fingerprint density at radius 2 is 2.35 bits per heavy atom. The molecular formula is C13H18N4. The molecule has 1 fully saturated rings. The Morgan fingerprint density at radius 1 is 1.53 bits per heavy atom. The summed E-state index contributed by atoms with van der Waals surface area (Å²) in [5.41, 5.74) is 8.01. The van der Waals surface area contributed by atoms with Crippen LogP contribution in [0.25, 0.3) is 5.65 Å². The number of nitrogen functional groups attached to an aromatic ring is 1. The molecule has 1 aliphatic rings. The van der Waals surface area contributed by atoms with E-state index in [0.29, 0.717) is 11.7 Å². The topological polar surface area (TPSA) is 56.2 Å². The number of aromatic nitrogens is 3. The Bertz CT molecular complexity index is 527. The number of fused-ring (bicyclic) bond motifs is 1. The minimum Gasteiger partial charge on any atom is -0.384 e. The lowest BCUT2D eigenvalue weighted by molar-refractivity contribution is 0.253. The van der Waals surface area contributed by atoms with Crippen LogP contribution in [0.1, 0.15) is 44.2 Å². The third-order valence-corrected chi connectivity index (χ3v) is 3.95. The second kappa shape index (κ2) is 4.02. The maximum Gasteiger partial charge on any atom is 0.157 e. The van der Waals surface area contributed by atoms with E-state index in [1.54, 1.807) is 10.7 Å². The minimum absolute atomic E-state index is 0.561. The zero-order chi connectivity index (χ0) is 11.8. The molecule has 1 saturated carbocycles. The normalized spacial score (nSPS) is 18.2. The van der Waals surface area contributed by atoms with E-state index in [4.69, 9.17) is 10.7 Å². The lowest BCUT2D eigenvalue weighted by Gasteiger charge is -2.33. The zero-order valence-corrected chi connectivity index (χ0v) is 10.1. The SMILES string of the molecule is CCC(c1cc(N)n2nccc2n1)C1CCC1. The van der Waals surface area contributed by atoms with Gasteiger partial charge in [-0.05, 0) is 25.2 Å². The monoisotopic (exact) mass is 230 g/mol. The second-order valence-corrected chi connectivity index (χ2v) is 4.91. The van der Waals surface area contributed by atoms with E-state index in [1.807, 2.05) is 12.1 Å². The molecule has 90 valence electrons. The van der Waals surface area contributed by atoms with Crippen LogP contribution in [0.3, 0.4) is 0 Å². The van der Waals surface area contributed by atoms with Crippen molar-refractivity contribution < 1.29 is 0 Å². The number of hydrogen-bond donors (Lipinski definition) is 1. The van der Waals surface area contributed by atoms with Crippen molar-refractivity contribution in [3.05, 3.63) is 24.0 Å². The van der Waals surface area contributed by atoms with Crippen molar-refractivity contribution in [3.8, 4) is 0 Å². The van der Waals surface area contributed by atoms with E-state index in [2.05, 4.69) is 12.0 Å². The van der Waals surface area contributed by atoms with Crippen LogP contribution >= 0.6 is 0 Å². The van der Waals surface area contributed by atoms with Crippen LogP contribution in [0, 0.1) is 5.92 Å². The van der Waals surface area contributed by atoms with Gasteiger partial charge in [0.15, 0.2) is 5.65 Å². The van der Waals surface area contributed by atoms with E-state index in [-0.39, 0.29) is 0 Å². The van der Waals surface area contributed by atoms with Crippen molar-refractivity contribution in [2.75, 3.05) is 5.73 Å². The summed E-state index contributed by atoms with van der Waals surface area (Å²) in [5.74, 6) is 2.05. The molecule has 4 nitrogen and oxygen atoms in total. The van der Waals surface area contributed by atoms with Gasteiger partial charge in [0.2, 0.25) is 0 Å². The van der Waals surface area contributed by atoms with Crippen LogP contribution in [-0.2, 0) is 0 Å². The third-order valence-electron chi connectivity index (χ3n) is 3.95. The van der Waals surface area contributed by atoms with Gasteiger partial charge in [-0.3, -0.25) is 0 Å². The number of hydrogen-bond acceptors (Lipinski definition) is 3. The van der Waals surface area contributed by atoms with Gasteiger partial charge in [0, 0.05) is 23.7 Å². The van der Waals surface area contributed by atoms with Crippen molar-refractivity contribution >= 4 is 11.5 Å². The van der Waals surface area contributed by atoms with Gasteiger partial charge in [-0.15, -0.1) is 0 Å². The summed E-state index contributed by atoms with van der Waals surface area (Å²) < 4.78 is 1.69. The van der Waals surface area contributed by atoms with Gasteiger partial charge in [0.25, 0.3) is 0 Å². The molecule has 2 aromatic rings. The Labute approximate surface area is 101 Å². The van der Waals surface area contributed by atoms with Crippen LogP contribution in [0.5, 0.6) is 0 Å². The molecule has 17 heavy (non-hydrogen) atoms. The molecule has 1 unspecified atom stereocenters. The molecule has 1 aliphatic carbocycles. The average molecular weight is 230 g/mol. The first-order chi connectivity index (χ1) is 8.29. The molecule has 0 aromatic carbocycles. The largest absolute Gasteiger partial charge is 0.384 e. The summed E-state index contributed by atoms with van der Waals surface area (Å²) in [6.07, 6.45) is 6.93. The molecule has 3 rings (SSSR count). The van der Waals surface area contributed by atoms with Crippen LogP contribution in [0.4, 0.5) is 5.82 Å². The molecule has 0 bridgehead atoms. The number of nitrogens with two attached hydrogens (primary N) is 1. The van der Waals surface area contributed by atoms with Gasteiger partial charge in [0.1, 0.15) is 5.82 Å². The average Bonchev–Trinajstić information content (AvgIpc) is 2.71. The zero-order valence-electron chi connectivity index (χ0n) is 10.1. The first-order valence-corrected chi connectivity index (χ1v) is 6.39. The lowest BCUT2D eigenvalue weighted by atomic mass is 9.73. The van der Waals surface area contributed by atoms with Crippen molar-refractivity contribution in [1.29, 1.82) is 0 Å². The van der Waals surface area contributed by atoms with Gasteiger partial charge < -0.3 is 5.73 Å². The molecule has 2 aromatic heterocycles. The van der Waals surface area contributed by atoms with Gasteiger partial charge >= 0.3 is 0 Å². The van der Waals surface area contributed by atoms with Crippen LogP contribution in [0.15, 0.2) is 18.3 Å². The molecular weight excluding hydrogens is 212 g/mol. The minimum atomic E-state index is 0.561. The standard InChI is InChI=1S/C13H18N4/c1-2-10(9-4-3-5-9)11-8-12(14)17-13(16-11)6-7-15-17/h6-10H,2-5,14H2,1H3. The van der Waals surface area contributed by atoms with E-state index in [0.717, 1.165) is 23.7 Å². The van der Waals surface area contributed by atoms with E-state index in [9.17, 15) is 0 Å². The number of nitrogens with zero attached hydrogens (tertiary/aromatic N) is 3. The van der Waals surface area contributed by atoms with Crippen LogP contribution in [0.2, 0.25) is 0 Å². The third kappa shape index (κ3) is 1.68.